The molecule has 0 fully saturated rings. The van der Waals surface area contributed by atoms with Crippen molar-refractivity contribution < 1.29 is 0 Å². The zero-order valence-corrected chi connectivity index (χ0v) is 33.5. The second-order valence-corrected chi connectivity index (χ2v) is 16.0. The lowest BCUT2D eigenvalue weighted by atomic mass is 9.70. The maximum absolute atomic E-state index is 2.49. The maximum atomic E-state index is 2.49. The fourth-order valence-electron chi connectivity index (χ4n) is 10.3. The fourth-order valence-corrected chi connectivity index (χ4v) is 10.3. The summed E-state index contributed by atoms with van der Waals surface area (Å²) in [6, 6.07) is 89.0. The van der Waals surface area contributed by atoms with Crippen molar-refractivity contribution in [1.29, 1.82) is 0 Å². The topological polar surface area (TPSA) is 6.48 Å². The molecule has 2 nitrogen and oxygen atoms in total. The Morgan fingerprint density at radius 3 is 1.54 bits per heavy atom. The van der Waals surface area contributed by atoms with E-state index in [1.165, 1.54) is 66.4 Å². The van der Waals surface area contributed by atoms with Crippen LogP contribution in [-0.2, 0) is 5.41 Å². The van der Waals surface area contributed by atoms with Gasteiger partial charge >= 0.3 is 0 Å². The molecule has 0 saturated carbocycles. The van der Waals surface area contributed by atoms with Crippen LogP contribution in [-0.4, -0.2) is 0 Å². The van der Waals surface area contributed by atoms with Gasteiger partial charge < -0.3 is 9.80 Å². The maximum Gasteiger partial charge on any atom is 0.0727 e. The summed E-state index contributed by atoms with van der Waals surface area (Å²) in [5.41, 5.74) is 18.9. The average molecular weight is 777 g/mol. The predicted molar refractivity (Wildman–Crippen MR) is 255 cm³/mol. The minimum Gasteiger partial charge on any atom is -0.310 e. The molecule has 0 N–H and O–H groups in total. The summed E-state index contributed by atoms with van der Waals surface area (Å²) in [5.74, 6) is 0. The monoisotopic (exact) mass is 776 g/mol. The van der Waals surface area contributed by atoms with Crippen molar-refractivity contribution in [1.82, 2.24) is 0 Å². The summed E-state index contributed by atoms with van der Waals surface area (Å²) in [5, 5.41) is 2.43. The number of anilines is 6. The Kier molecular flexibility index (Phi) is 8.11. The highest BCUT2D eigenvalue weighted by Crippen LogP contribution is 2.65. The van der Waals surface area contributed by atoms with Gasteiger partial charge in [0.2, 0.25) is 0 Å². The fraction of sp³-hybridized carbons (Fsp3) is 0.0169. The van der Waals surface area contributed by atoms with E-state index in [4.69, 9.17) is 0 Å². The van der Waals surface area contributed by atoms with E-state index in [-0.39, 0.29) is 0 Å². The molecule has 0 radical (unpaired) electrons. The van der Waals surface area contributed by atoms with Gasteiger partial charge in [-0.05, 0) is 116 Å². The van der Waals surface area contributed by atoms with E-state index in [9.17, 15) is 0 Å². The molecule has 286 valence electrons. The quantitative estimate of drug-likeness (QED) is 0.159. The van der Waals surface area contributed by atoms with Gasteiger partial charge in [-0.15, -0.1) is 0 Å². The van der Waals surface area contributed by atoms with Gasteiger partial charge in [0, 0.05) is 33.7 Å². The molecular formula is C59H40N2. The molecule has 0 aromatic heterocycles. The van der Waals surface area contributed by atoms with Gasteiger partial charge in [0.15, 0.2) is 0 Å². The first-order chi connectivity index (χ1) is 30.3. The lowest BCUT2D eigenvalue weighted by molar-refractivity contribution is 0.793. The van der Waals surface area contributed by atoms with Crippen LogP contribution in [0.1, 0.15) is 22.3 Å². The molecular weight excluding hydrogens is 737 g/mol. The summed E-state index contributed by atoms with van der Waals surface area (Å²) in [7, 11) is 0. The highest BCUT2D eigenvalue weighted by molar-refractivity contribution is 6.03. The van der Waals surface area contributed by atoms with E-state index < -0.39 is 5.41 Å². The van der Waals surface area contributed by atoms with Crippen molar-refractivity contribution >= 4 is 44.9 Å². The molecule has 1 unspecified atom stereocenters. The van der Waals surface area contributed by atoms with Crippen LogP contribution >= 0.6 is 0 Å². The van der Waals surface area contributed by atoms with E-state index in [1.807, 2.05) is 0 Å². The number of fused-ring (bicyclic) bond motifs is 11. The number of benzene rings is 10. The van der Waals surface area contributed by atoms with E-state index in [0.717, 1.165) is 34.1 Å². The molecule has 61 heavy (non-hydrogen) atoms. The Morgan fingerprint density at radius 2 is 0.770 bits per heavy atom. The SMILES string of the molecule is c1ccc(-c2cccc(N(c3ccccc3)c3cccc4c3-c3ccccc3C43c4ccccc4-c4ccc(N(c5ccccc5)c5cccc6ccccc56)cc43)c2)cc1. The molecule has 0 amide bonds. The normalized spacial score (nSPS) is 14.3. The van der Waals surface area contributed by atoms with E-state index in [1.54, 1.807) is 0 Å². The molecule has 0 heterocycles. The standard InChI is InChI=1S/C59H40N2/c1-4-19-41(20-5-1)43-23-16-28-46(39-43)61(45-26-8-3-9-27-45)57-36-18-34-54-58(57)51-31-13-15-33-53(51)59(54)52-32-14-12-30-49(52)50-38-37-47(40-55(50)59)60(44-24-6-2-7-25-44)56-35-17-22-42-21-10-11-29-48(42)56/h1-40H. The van der Waals surface area contributed by atoms with Crippen LogP contribution in [0.5, 0.6) is 0 Å². The summed E-state index contributed by atoms with van der Waals surface area (Å²) in [6.45, 7) is 0. The molecule has 0 bridgehead atoms. The van der Waals surface area contributed by atoms with Gasteiger partial charge in [0.25, 0.3) is 0 Å². The van der Waals surface area contributed by atoms with Gasteiger partial charge in [0.05, 0.1) is 16.8 Å². The van der Waals surface area contributed by atoms with Crippen LogP contribution in [0.3, 0.4) is 0 Å². The number of hydrogen-bond acceptors (Lipinski definition) is 2. The Bertz CT molecular complexity index is 3260. The molecule has 0 saturated heterocycles. The molecule has 1 spiro atoms. The van der Waals surface area contributed by atoms with Crippen LogP contribution in [0.2, 0.25) is 0 Å². The van der Waals surface area contributed by atoms with Crippen LogP contribution in [0.25, 0.3) is 44.2 Å². The minimum absolute atomic E-state index is 0.556. The molecule has 10 aromatic carbocycles. The third-order valence-corrected chi connectivity index (χ3v) is 12.8. The Morgan fingerprint density at radius 1 is 0.279 bits per heavy atom. The van der Waals surface area contributed by atoms with Crippen molar-refractivity contribution in [2.45, 2.75) is 5.41 Å². The van der Waals surface area contributed by atoms with Crippen molar-refractivity contribution in [3.63, 3.8) is 0 Å². The van der Waals surface area contributed by atoms with Gasteiger partial charge in [-0.1, -0.05) is 182 Å². The lowest BCUT2D eigenvalue weighted by Crippen LogP contribution is -2.26. The Hall–Kier alpha value is -7.94. The van der Waals surface area contributed by atoms with Gasteiger partial charge in [-0.2, -0.15) is 0 Å². The number of para-hydroxylation sites is 2. The molecule has 10 aromatic rings. The lowest BCUT2D eigenvalue weighted by Gasteiger charge is -2.33. The first kappa shape index (κ1) is 35.0. The van der Waals surface area contributed by atoms with Crippen LogP contribution in [0.15, 0.2) is 243 Å². The zero-order chi connectivity index (χ0) is 40.3. The van der Waals surface area contributed by atoms with Crippen molar-refractivity contribution in [2.75, 3.05) is 9.80 Å². The summed E-state index contributed by atoms with van der Waals surface area (Å²) >= 11 is 0. The third kappa shape index (κ3) is 5.36. The molecule has 2 heteroatoms. The Balaban J connectivity index is 1.13. The minimum atomic E-state index is -0.556. The van der Waals surface area contributed by atoms with E-state index in [0.29, 0.717) is 0 Å². The van der Waals surface area contributed by atoms with Crippen molar-refractivity contribution in [3.8, 4) is 33.4 Å². The molecule has 2 aliphatic rings. The predicted octanol–water partition coefficient (Wildman–Crippen LogP) is 15.8. The van der Waals surface area contributed by atoms with Gasteiger partial charge in [0.1, 0.15) is 0 Å². The van der Waals surface area contributed by atoms with Crippen molar-refractivity contribution in [2.24, 2.45) is 0 Å². The molecule has 0 aliphatic heterocycles. The highest BCUT2D eigenvalue weighted by Gasteiger charge is 2.52. The van der Waals surface area contributed by atoms with Gasteiger partial charge in [-0.25, -0.2) is 0 Å². The first-order valence-electron chi connectivity index (χ1n) is 21.1. The second-order valence-electron chi connectivity index (χ2n) is 16.0. The van der Waals surface area contributed by atoms with E-state index >= 15 is 0 Å². The van der Waals surface area contributed by atoms with E-state index in [2.05, 4.69) is 252 Å². The van der Waals surface area contributed by atoms with Crippen LogP contribution in [0, 0.1) is 0 Å². The van der Waals surface area contributed by atoms with Crippen LogP contribution in [0.4, 0.5) is 34.1 Å². The van der Waals surface area contributed by atoms with Crippen LogP contribution < -0.4 is 9.80 Å². The summed E-state index contributed by atoms with van der Waals surface area (Å²) < 4.78 is 0. The third-order valence-electron chi connectivity index (χ3n) is 12.8. The largest absolute Gasteiger partial charge is 0.310 e. The first-order valence-corrected chi connectivity index (χ1v) is 21.1. The number of rotatable bonds is 7. The average Bonchev–Trinajstić information content (AvgIpc) is 3.80. The molecule has 2 aliphatic carbocycles. The smallest absolute Gasteiger partial charge is 0.0727 e. The number of hydrogen-bond donors (Lipinski definition) is 0. The zero-order valence-electron chi connectivity index (χ0n) is 33.5. The Labute approximate surface area is 356 Å². The van der Waals surface area contributed by atoms with Crippen molar-refractivity contribution in [3.05, 3.63) is 265 Å². The molecule has 12 rings (SSSR count). The molecule has 1 atom stereocenters. The highest BCUT2D eigenvalue weighted by atomic mass is 15.2. The second kappa shape index (κ2) is 14.1. The summed E-state index contributed by atoms with van der Waals surface area (Å²) in [4.78, 5) is 4.89. The summed E-state index contributed by atoms with van der Waals surface area (Å²) in [6.07, 6.45) is 0. The van der Waals surface area contributed by atoms with Gasteiger partial charge in [-0.3, -0.25) is 0 Å². The number of nitrogens with zero attached hydrogens (tertiary/aromatic N) is 2.